The third-order valence-corrected chi connectivity index (χ3v) is 4.92. The van der Waals surface area contributed by atoms with Gasteiger partial charge in [-0.25, -0.2) is 4.68 Å². The van der Waals surface area contributed by atoms with Crippen LogP contribution in [0.15, 0.2) is 36.5 Å². The predicted octanol–water partition coefficient (Wildman–Crippen LogP) is 1.47. The van der Waals surface area contributed by atoms with Crippen LogP contribution in [0.1, 0.15) is 16.1 Å². The second-order valence-electron chi connectivity index (χ2n) is 6.28. The van der Waals surface area contributed by atoms with Gasteiger partial charge in [0.25, 0.3) is 5.91 Å². The fourth-order valence-electron chi connectivity index (χ4n) is 3.64. The van der Waals surface area contributed by atoms with Crippen LogP contribution in [0.3, 0.4) is 0 Å². The molecule has 22 heavy (non-hydrogen) atoms. The lowest BCUT2D eigenvalue weighted by Crippen LogP contribution is -2.32. The molecule has 1 amide bonds. The molecule has 4 rings (SSSR count). The highest BCUT2D eigenvalue weighted by molar-refractivity contribution is 5.95. The van der Waals surface area contributed by atoms with Gasteiger partial charge >= 0.3 is 0 Å². The standard InChI is InChI=1S/C17H20N4O/c1-12-16(9-19-21(12)15-5-3-2-4-6-15)17(22)20-10-13-7-18-8-14(13)11-20/h2-6,9,13-14,18H,7-8,10-11H2,1H3/t13-,14+. The first-order valence-corrected chi connectivity index (χ1v) is 7.84. The number of hydrogen-bond donors (Lipinski definition) is 1. The van der Waals surface area contributed by atoms with Crippen LogP contribution in [0.4, 0.5) is 0 Å². The Morgan fingerprint density at radius 1 is 1.18 bits per heavy atom. The minimum atomic E-state index is 0.120. The fraction of sp³-hybridized carbons (Fsp3) is 0.412. The van der Waals surface area contributed by atoms with Gasteiger partial charge in [-0.1, -0.05) is 18.2 Å². The van der Waals surface area contributed by atoms with Crippen molar-refractivity contribution in [3.8, 4) is 5.69 Å². The number of para-hydroxylation sites is 1. The smallest absolute Gasteiger partial charge is 0.257 e. The van der Waals surface area contributed by atoms with Crippen LogP contribution < -0.4 is 5.32 Å². The number of nitrogens with zero attached hydrogens (tertiary/aromatic N) is 3. The Bertz CT molecular complexity index is 682. The summed E-state index contributed by atoms with van der Waals surface area (Å²) in [4.78, 5) is 14.8. The summed E-state index contributed by atoms with van der Waals surface area (Å²) in [5.41, 5.74) is 2.62. The first-order valence-electron chi connectivity index (χ1n) is 7.84. The minimum Gasteiger partial charge on any atom is -0.338 e. The number of hydrogen-bond acceptors (Lipinski definition) is 3. The van der Waals surface area contributed by atoms with Crippen LogP contribution >= 0.6 is 0 Å². The molecule has 114 valence electrons. The number of fused-ring (bicyclic) bond motifs is 1. The summed E-state index contributed by atoms with van der Waals surface area (Å²) < 4.78 is 1.84. The average Bonchev–Trinajstić information content (AvgIpc) is 3.21. The van der Waals surface area contributed by atoms with Gasteiger partial charge < -0.3 is 10.2 Å². The van der Waals surface area contributed by atoms with E-state index in [1.54, 1.807) is 6.20 Å². The van der Waals surface area contributed by atoms with E-state index in [4.69, 9.17) is 0 Å². The van der Waals surface area contributed by atoms with Gasteiger partial charge in [0.05, 0.1) is 23.1 Å². The van der Waals surface area contributed by atoms with Gasteiger partial charge in [-0.05, 0) is 30.9 Å². The Morgan fingerprint density at radius 3 is 2.55 bits per heavy atom. The molecule has 1 aromatic heterocycles. The monoisotopic (exact) mass is 296 g/mol. The molecule has 1 N–H and O–H groups in total. The topological polar surface area (TPSA) is 50.2 Å². The molecule has 0 saturated carbocycles. The third kappa shape index (κ3) is 2.13. The molecule has 1 aromatic carbocycles. The highest BCUT2D eigenvalue weighted by atomic mass is 16.2. The lowest BCUT2D eigenvalue weighted by Gasteiger charge is -2.17. The summed E-state index contributed by atoms with van der Waals surface area (Å²) in [7, 11) is 0. The van der Waals surface area contributed by atoms with E-state index in [2.05, 4.69) is 10.4 Å². The summed E-state index contributed by atoms with van der Waals surface area (Å²) in [6.45, 7) is 5.78. The number of carbonyl (C=O) groups is 1. The van der Waals surface area contributed by atoms with E-state index in [1.165, 1.54) is 0 Å². The highest BCUT2D eigenvalue weighted by Crippen LogP contribution is 2.28. The maximum Gasteiger partial charge on any atom is 0.257 e. The largest absolute Gasteiger partial charge is 0.338 e. The summed E-state index contributed by atoms with van der Waals surface area (Å²) in [5, 5.41) is 7.81. The van der Waals surface area contributed by atoms with Crippen LogP contribution in [0.25, 0.3) is 5.69 Å². The van der Waals surface area contributed by atoms with Crippen LogP contribution in [-0.4, -0.2) is 46.8 Å². The molecule has 5 heteroatoms. The zero-order valence-corrected chi connectivity index (χ0v) is 12.7. The van der Waals surface area contributed by atoms with Crippen LogP contribution in [-0.2, 0) is 0 Å². The maximum atomic E-state index is 12.8. The fourth-order valence-corrected chi connectivity index (χ4v) is 3.64. The molecular weight excluding hydrogens is 276 g/mol. The zero-order chi connectivity index (χ0) is 15.1. The number of likely N-dealkylation sites (tertiary alicyclic amines) is 1. The summed E-state index contributed by atoms with van der Waals surface area (Å²) >= 11 is 0. The van der Waals surface area contributed by atoms with E-state index in [-0.39, 0.29) is 5.91 Å². The number of rotatable bonds is 2. The minimum absolute atomic E-state index is 0.120. The summed E-state index contributed by atoms with van der Waals surface area (Å²) in [6.07, 6.45) is 1.71. The molecule has 2 aliphatic rings. The van der Waals surface area contributed by atoms with E-state index in [9.17, 15) is 4.79 Å². The number of carbonyl (C=O) groups excluding carboxylic acids is 1. The molecule has 2 saturated heterocycles. The second kappa shape index (κ2) is 5.25. The zero-order valence-electron chi connectivity index (χ0n) is 12.7. The summed E-state index contributed by atoms with van der Waals surface area (Å²) in [5.74, 6) is 1.36. The molecule has 5 nitrogen and oxygen atoms in total. The Hall–Kier alpha value is -2.14. The molecule has 0 spiro atoms. The van der Waals surface area contributed by atoms with Gasteiger partial charge in [-0.15, -0.1) is 0 Å². The Morgan fingerprint density at radius 2 is 1.86 bits per heavy atom. The van der Waals surface area contributed by atoms with Gasteiger partial charge in [0.2, 0.25) is 0 Å². The van der Waals surface area contributed by atoms with Gasteiger partial charge in [0, 0.05) is 26.2 Å². The van der Waals surface area contributed by atoms with E-state index < -0.39 is 0 Å². The molecule has 0 unspecified atom stereocenters. The van der Waals surface area contributed by atoms with Crippen molar-refractivity contribution in [2.24, 2.45) is 11.8 Å². The Labute approximate surface area is 129 Å². The van der Waals surface area contributed by atoms with Crippen molar-refractivity contribution >= 4 is 5.91 Å². The Balaban J connectivity index is 1.58. The van der Waals surface area contributed by atoms with Gasteiger partial charge in [-0.3, -0.25) is 4.79 Å². The quantitative estimate of drug-likeness (QED) is 0.913. The molecular formula is C17H20N4O. The second-order valence-corrected chi connectivity index (χ2v) is 6.28. The van der Waals surface area contributed by atoms with Gasteiger partial charge in [0.1, 0.15) is 0 Å². The number of benzene rings is 1. The van der Waals surface area contributed by atoms with E-state index in [1.807, 2.05) is 46.8 Å². The number of amides is 1. The molecule has 3 heterocycles. The molecule has 2 atom stereocenters. The molecule has 0 bridgehead atoms. The summed E-state index contributed by atoms with van der Waals surface area (Å²) in [6, 6.07) is 9.94. The highest BCUT2D eigenvalue weighted by Gasteiger charge is 2.38. The first-order chi connectivity index (χ1) is 10.7. The number of aromatic nitrogens is 2. The Kier molecular flexibility index (Phi) is 3.22. The molecule has 2 fully saturated rings. The van der Waals surface area contributed by atoms with Crippen LogP contribution in [0.2, 0.25) is 0 Å². The van der Waals surface area contributed by atoms with Crippen LogP contribution in [0.5, 0.6) is 0 Å². The van der Waals surface area contributed by atoms with E-state index in [0.717, 1.165) is 43.1 Å². The SMILES string of the molecule is Cc1c(C(=O)N2C[C@H]3CNC[C@H]3C2)cnn1-c1ccccc1. The van der Waals surface area contributed by atoms with Crippen LogP contribution in [0, 0.1) is 18.8 Å². The van der Waals surface area contributed by atoms with Crippen molar-refractivity contribution in [2.75, 3.05) is 26.2 Å². The van der Waals surface area contributed by atoms with Gasteiger partial charge in [0.15, 0.2) is 0 Å². The third-order valence-electron chi connectivity index (χ3n) is 4.92. The predicted molar refractivity (Wildman–Crippen MR) is 84.1 cm³/mol. The van der Waals surface area contributed by atoms with Gasteiger partial charge in [-0.2, -0.15) is 5.10 Å². The molecule has 2 aromatic rings. The van der Waals surface area contributed by atoms with Crippen molar-refractivity contribution < 1.29 is 4.79 Å². The van der Waals surface area contributed by atoms with E-state index in [0.29, 0.717) is 11.8 Å². The average molecular weight is 296 g/mol. The normalized spacial score (nSPS) is 23.8. The maximum absolute atomic E-state index is 12.8. The van der Waals surface area contributed by atoms with Crippen molar-refractivity contribution in [1.29, 1.82) is 0 Å². The van der Waals surface area contributed by atoms with Crippen molar-refractivity contribution in [2.45, 2.75) is 6.92 Å². The number of nitrogens with one attached hydrogen (secondary N) is 1. The first kappa shape index (κ1) is 13.5. The van der Waals surface area contributed by atoms with E-state index >= 15 is 0 Å². The lowest BCUT2D eigenvalue weighted by molar-refractivity contribution is 0.0781. The molecule has 0 aliphatic carbocycles. The van der Waals surface area contributed by atoms with Crippen molar-refractivity contribution in [3.05, 3.63) is 47.8 Å². The van der Waals surface area contributed by atoms with Crippen molar-refractivity contribution in [3.63, 3.8) is 0 Å². The van der Waals surface area contributed by atoms with Crippen molar-refractivity contribution in [1.82, 2.24) is 20.0 Å². The molecule has 0 radical (unpaired) electrons. The lowest BCUT2D eigenvalue weighted by atomic mass is 10.0. The molecule has 2 aliphatic heterocycles.